The number of hydrogen-bond donors (Lipinski definition) is 0. The number of hydrogen-bond acceptors (Lipinski definition) is 3. The minimum Gasteiger partial charge on any atom is -0.385 e. The highest BCUT2D eigenvalue weighted by Crippen LogP contribution is 2.30. The molecule has 2 heterocycles. The highest BCUT2D eigenvalue weighted by atomic mass is 32.1. The number of halogens is 3. The molecule has 2 rings (SSSR count). The minimum absolute atomic E-state index is 0.596. The average molecular weight is 332 g/mol. The molecule has 0 aromatic carbocycles. The van der Waals surface area contributed by atoms with Gasteiger partial charge in [0.2, 0.25) is 0 Å². The Kier molecular flexibility index (Phi) is 5.28. The zero-order valence-electron chi connectivity index (χ0n) is 12.8. The van der Waals surface area contributed by atoms with E-state index in [1.54, 1.807) is 27.0 Å². The summed E-state index contributed by atoms with van der Waals surface area (Å²) in [5, 5.41) is 2.88. The molecule has 0 saturated heterocycles. The molecule has 7 heteroatoms. The van der Waals surface area contributed by atoms with Crippen LogP contribution in [0, 0.1) is 13.8 Å². The second-order valence-corrected chi connectivity index (χ2v) is 6.15. The van der Waals surface area contributed by atoms with E-state index in [0.29, 0.717) is 18.0 Å². The van der Waals surface area contributed by atoms with Gasteiger partial charge in [0.05, 0.1) is 10.7 Å². The highest BCUT2D eigenvalue weighted by Gasteiger charge is 2.29. The zero-order valence-corrected chi connectivity index (χ0v) is 13.6. The molecule has 0 spiro atoms. The molecule has 122 valence electrons. The van der Waals surface area contributed by atoms with Crippen molar-refractivity contribution in [3.05, 3.63) is 27.8 Å². The van der Waals surface area contributed by atoms with Crippen molar-refractivity contribution in [2.75, 3.05) is 13.7 Å². The van der Waals surface area contributed by atoms with Crippen LogP contribution in [0.3, 0.4) is 0 Å². The molecule has 0 aliphatic carbocycles. The van der Waals surface area contributed by atoms with Gasteiger partial charge in [-0.15, -0.1) is 11.3 Å². The molecule has 0 radical (unpaired) electrons. The first-order valence-corrected chi connectivity index (χ1v) is 7.87. The van der Waals surface area contributed by atoms with Crippen LogP contribution >= 0.6 is 11.3 Å². The average Bonchev–Trinajstić information content (AvgIpc) is 2.98. The third kappa shape index (κ3) is 4.10. The molecule has 0 unspecified atom stereocenters. The van der Waals surface area contributed by atoms with Gasteiger partial charge in [-0.25, -0.2) is 4.98 Å². The van der Waals surface area contributed by atoms with Gasteiger partial charge in [0.15, 0.2) is 0 Å². The van der Waals surface area contributed by atoms with Gasteiger partial charge >= 0.3 is 6.18 Å². The lowest BCUT2D eigenvalue weighted by molar-refractivity contribution is -0.141. The fourth-order valence-electron chi connectivity index (χ4n) is 2.40. The van der Waals surface area contributed by atoms with Gasteiger partial charge in [-0.05, 0) is 26.3 Å². The Morgan fingerprint density at radius 1 is 1.32 bits per heavy atom. The molecule has 22 heavy (non-hydrogen) atoms. The van der Waals surface area contributed by atoms with Crippen LogP contribution < -0.4 is 0 Å². The molecule has 0 saturated carbocycles. The molecule has 0 aliphatic rings. The van der Waals surface area contributed by atoms with Crippen molar-refractivity contribution in [1.82, 2.24) is 9.55 Å². The van der Waals surface area contributed by atoms with Crippen LogP contribution in [0.2, 0.25) is 0 Å². The summed E-state index contributed by atoms with van der Waals surface area (Å²) in [5.41, 5.74) is 2.72. The molecule has 0 N–H and O–H groups in total. The maximum Gasteiger partial charge on any atom is 0.406 e. The summed E-state index contributed by atoms with van der Waals surface area (Å²) in [5.74, 6) is 0. The smallest absolute Gasteiger partial charge is 0.385 e. The van der Waals surface area contributed by atoms with Gasteiger partial charge in [-0.3, -0.25) is 0 Å². The van der Waals surface area contributed by atoms with Gasteiger partial charge in [0, 0.05) is 42.5 Å². The van der Waals surface area contributed by atoms with Crippen molar-refractivity contribution in [1.29, 1.82) is 0 Å². The topological polar surface area (TPSA) is 27.1 Å². The van der Waals surface area contributed by atoms with E-state index in [-0.39, 0.29) is 0 Å². The maximum absolute atomic E-state index is 12.6. The van der Waals surface area contributed by atoms with E-state index in [1.807, 2.05) is 5.38 Å². The van der Waals surface area contributed by atoms with Crippen molar-refractivity contribution in [3.63, 3.8) is 0 Å². The maximum atomic E-state index is 12.6. The molecule has 0 bridgehead atoms. The van der Waals surface area contributed by atoms with Crippen LogP contribution in [0.5, 0.6) is 0 Å². The van der Waals surface area contributed by atoms with E-state index in [0.717, 1.165) is 29.1 Å². The Morgan fingerprint density at radius 2 is 2.05 bits per heavy atom. The number of nitrogens with zero attached hydrogens (tertiary/aromatic N) is 2. The van der Waals surface area contributed by atoms with Gasteiger partial charge in [-0.1, -0.05) is 0 Å². The molecule has 2 aromatic rings. The number of aromatic nitrogens is 2. The number of methoxy groups -OCH3 is 1. The fourth-order valence-corrected chi connectivity index (χ4v) is 3.24. The Bertz CT molecular complexity index is 631. The normalized spacial score (nSPS) is 12.1. The summed E-state index contributed by atoms with van der Waals surface area (Å²) in [6.45, 7) is 3.11. The van der Waals surface area contributed by atoms with Crippen molar-refractivity contribution >= 4 is 11.3 Å². The van der Waals surface area contributed by atoms with Crippen LogP contribution in [0.15, 0.2) is 11.4 Å². The first kappa shape index (κ1) is 17.0. The first-order chi connectivity index (χ1) is 10.3. The van der Waals surface area contributed by atoms with Crippen LogP contribution in [0.4, 0.5) is 13.2 Å². The molecule has 0 fully saturated rings. The first-order valence-electron chi connectivity index (χ1n) is 6.99. The summed E-state index contributed by atoms with van der Waals surface area (Å²) in [6, 6.07) is 1.77. The van der Waals surface area contributed by atoms with Gasteiger partial charge in [0.25, 0.3) is 0 Å². The lowest BCUT2D eigenvalue weighted by atomic mass is 10.2. The zero-order chi connectivity index (χ0) is 16.3. The largest absolute Gasteiger partial charge is 0.406 e. The van der Waals surface area contributed by atoms with Crippen LogP contribution in [-0.4, -0.2) is 29.4 Å². The summed E-state index contributed by atoms with van der Waals surface area (Å²) < 4.78 is 44.2. The third-order valence-electron chi connectivity index (χ3n) is 3.48. The fraction of sp³-hybridized carbons (Fsp3) is 0.533. The standard InChI is InChI=1S/C15H19F3N2OS/c1-10-7-12(11(2)20(10)9-15(16,17)18)13-8-22-14(19-13)5-4-6-21-3/h7-8H,4-6,9H2,1-3H3. The Morgan fingerprint density at radius 3 is 2.68 bits per heavy atom. The van der Waals surface area contributed by atoms with Crippen LogP contribution in [0.1, 0.15) is 22.8 Å². The Labute approximate surface area is 131 Å². The van der Waals surface area contributed by atoms with E-state index >= 15 is 0 Å². The Hall–Kier alpha value is -1.34. The lowest BCUT2D eigenvalue weighted by Crippen LogP contribution is -2.19. The number of ether oxygens (including phenoxy) is 1. The summed E-state index contributed by atoms with van der Waals surface area (Å²) in [7, 11) is 1.66. The van der Waals surface area contributed by atoms with Crippen molar-refractivity contribution in [2.24, 2.45) is 0 Å². The van der Waals surface area contributed by atoms with E-state index in [9.17, 15) is 13.2 Å². The molecule has 3 nitrogen and oxygen atoms in total. The van der Waals surface area contributed by atoms with E-state index < -0.39 is 12.7 Å². The van der Waals surface area contributed by atoms with Gasteiger partial charge in [-0.2, -0.15) is 13.2 Å². The van der Waals surface area contributed by atoms with Gasteiger partial charge in [0.1, 0.15) is 6.54 Å². The number of thiazole rings is 1. The summed E-state index contributed by atoms with van der Waals surface area (Å²) in [4.78, 5) is 4.53. The molecule has 0 atom stereocenters. The minimum atomic E-state index is -4.22. The van der Waals surface area contributed by atoms with Gasteiger partial charge < -0.3 is 9.30 Å². The monoisotopic (exact) mass is 332 g/mol. The SMILES string of the molecule is COCCCc1nc(-c2cc(C)n(CC(F)(F)F)c2C)cs1. The van der Waals surface area contributed by atoms with Crippen molar-refractivity contribution in [2.45, 2.75) is 39.4 Å². The number of rotatable bonds is 6. The molecule has 0 aliphatic heterocycles. The second-order valence-electron chi connectivity index (χ2n) is 5.21. The molecule has 2 aromatic heterocycles. The Balaban J connectivity index is 2.21. The van der Waals surface area contributed by atoms with Crippen molar-refractivity contribution < 1.29 is 17.9 Å². The number of alkyl halides is 3. The third-order valence-corrected chi connectivity index (χ3v) is 4.39. The van der Waals surface area contributed by atoms with Crippen LogP contribution in [0.25, 0.3) is 11.3 Å². The molecule has 0 amide bonds. The van der Waals surface area contributed by atoms with E-state index in [1.165, 1.54) is 15.9 Å². The molecular weight excluding hydrogens is 313 g/mol. The quantitative estimate of drug-likeness (QED) is 0.735. The number of aryl methyl sites for hydroxylation is 2. The predicted molar refractivity (Wildman–Crippen MR) is 81.3 cm³/mol. The highest BCUT2D eigenvalue weighted by molar-refractivity contribution is 7.09. The predicted octanol–water partition coefficient (Wildman–Crippen LogP) is 4.37. The molecular formula is C15H19F3N2OS. The van der Waals surface area contributed by atoms with E-state index in [2.05, 4.69) is 4.98 Å². The van der Waals surface area contributed by atoms with Crippen molar-refractivity contribution in [3.8, 4) is 11.3 Å². The second kappa shape index (κ2) is 6.83. The van der Waals surface area contributed by atoms with E-state index in [4.69, 9.17) is 4.74 Å². The van der Waals surface area contributed by atoms with Crippen LogP contribution in [-0.2, 0) is 17.7 Å². The summed E-state index contributed by atoms with van der Waals surface area (Å²) >= 11 is 1.53. The summed E-state index contributed by atoms with van der Waals surface area (Å²) in [6.07, 6.45) is -2.52. The lowest BCUT2D eigenvalue weighted by Gasteiger charge is -2.12.